The third kappa shape index (κ3) is 4.33. The first-order valence-corrected chi connectivity index (χ1v) is 13.1. The number of hydrogen-bond acceptors (Lipinski definition) is 2. The maximum absolute atomic E-state index is 12.4. The van der Waals surface area contributed by atoms with Gasteiger partial charge in [0.1, 0.15) is 0 Å². The van der Waals surface area contributed by atoms with E-state index in [0.717, 1.165) is 18.4 Å². The minimum Gasteiger partial charge on any atom is -0.282 e. The molecule has 3 aliphatic rings. The molecule has 3 nitrogen and oxygen atoms in total. The van der Waals surface area contributed by atoms with Crippen molar-refractivity contribution in [1.82, 2.24) is 0 Å². The van der Waals surface area contributed by atoms with E-state index in [0.29, 0.717) is 17.8 Å². The van der Waals surface area contributed by atoms with Gasteiger partial charge in [0, 0.05) is 0 Å². The van der Waals surface area contributed by atoms with Gasteiger partial charge in [-0.15, -0.1) is 0 Å². The SMILES string of the molecule is O=S(=O)(O)c1ccc(C2CCCCC2)c(C2CCCCC2)c1C1CCCCC1. The fourth-order valence-electron chi connectivity index (χ4n) is 6.29. The Morgan fingerprint density at radius 1 is 0.607 bits per heavy atom. The van der Waals surface area contributed by atoms with E-state index in [4.69, 9.17) is 0 Å². The molecule has 0 bridgehead atoms. The maximum Gasteiger partial charge on any atom is 0.294 e. The van der Waals surface area contributed by atoms with Gasteiger partial charge in [0.15, 0.2) is 0 Å². The van der Waals surface area contributed by atoms with Crippen LogP contribution < -0.4 is 0 Å². The molecule has 156 valence electrons. The molecule has 0 saturated heterocycles. The van der Waals surface area contributed by atoms with Crippen molar-refractivity contribution >= 4 is 10.1 Å². The number of benzene rings is 1. The van der Waals surface area contributed by atoms with Crippen molar-refractivity contribution in [2.24, 2.45) is 0 Å². The predicted octanol–water partition coefficient (Wildman–Crippen LogP) is 7.08. The van der Waals surface area contributed by atoms with Gasteiger partial charge in [-0.25, -0.2) is 0 Å². The van der Waals surface area contributed by atoms with Crippen molar-refractivity contribution in [3.8, 4) is 0 Å². The van der Waals surface area contributed by atoms with E-state index < -0.39 is 10.1 Å². The smallest absolute Gasteiger partial charge is 0.282 e. The average Bonchev–Trinajstić information content (AvgIpc) is 2.74. The Kier molecular flexibility index (Phi) is 6.46. The lowest BCUT2D eigenvalue weighted by molar-refractivity contribution is 0.399. The predicted molar refractivity (Wildman–Crippen MR) is 114 cm³/mol. The van der Waals surface area contributed by atoms with Gasteiger partial charge in [-0.05, 0) is 79.0 Å². The lowest BCUT2D eigenvalue weighted by Crippen LogP contribution is -2.20. The second-order valence-corrected chi connectivity index (χ2v) is 10.9. The molecule has 0 aliphatic heterocycles. The van der Waals surface area contributed by atoms with Gasteiger partial charge >= 0.3 is 0 Å². The Morgan fingerprint density at radius 2 is 1.04 bits per heavy atom. The van der Waals surface area contributed by atoms with Crippen molar-refractivity contribution in [3.05, 3.63) is 28.8 Å². The van der Waals surface area contributed by atoms with Crippen molar-refractivity contribution in [3.63, 3.8) is 0 Å². The monoisotopic (exact) mass is 404 g/mol. The third-order valence-electron chi connectivity index (χ3n) is 7.63. The van der Waals surface area contributed by atoms with Crippen LogP contribution in [0.25, 0.3) is 0 Å². The molecule has 3 aliphatic carbocycles. The summed E-state index contributed by atoms with van der Waals surface area (Å²) >= 11 is 0. The standard InChI is InChI=1S/C24H36O3S/c25-28(26,27)22-17-16-21(18-10-4-1-5-11-18)23(19-12-6-2-7-13-19)24(22)20-14-8-3-9-15-20/h16-20H,1-15H2,(H,25,26,27). The Morgan fingerprint density at radius 3 is 1.50 bits per heavy atom. The zero-order valence-corrected chi connectivity index (χ0v) is 18.0. The minimum absolute atomic E-state index is 0.222. The van der Waals surface area contributed by atoms with Crippen LogP contribution in [0.4, 0.5) is 0 Å². The van der Waals surface area contributed by atoms with Crippen LogP contribution in [0.1, 0.15) is 131 Å². The van der Waals surface area contributed by atoms with Gasteiger partial charge in [0.2, 0.25) is 0 Å². The first-order valence-electron chi connectivity index (χ1n) is 11.7. The second kappa shape index (κ2) is 8.87. The number of rotatable bonds is 4. The minimum atomic E-state index is -4.19. The Bertz CT molecular complexity index is 765. The van der Waals surface area contributed by atoms with E-state index >= 15 is 0 Å². The molecule has 3 saturated carbocycles. The molecule has 0 unspecified atom stereocenters. The van der Waals surface area contributed by atoms with Crippen LogP contribution in [0.5, 0.6) is 0 Å². The lowest BCUT2D eigenvalue weighted by Gasteiger charge is -2.35. The van der Waals surface area contributed by atoms with E-state index in [1.54, 1.807) is 6.07 Å². The molecule has 0 heterocycles. The lowest BCUT2D eigenvalue weighted by atomic mass is 9.71. The van der Waals surface area contributed by atoms with Crippen LogP contribution in [0.2, 0.25) is 0 Å². The highest BCUT2D eigenvalue weighted by Crippen LogP contribution is 2.48. The van der Waals surface area contributed by atoms with E-state index in [1.807, 2.05) is 0 Å². The normalized spacial score (nSPS) is 23.8. The zero-order chi connectivity index (χ0) is 19.6. The van der Waals surface area contributed by atoms with Gasteiger partial charge < -0.3 is 0 Å². The van der Waals surface area contributed by atoms with E-state index in [9.17, 15) is 13.0 Å². The fraction of sp³-hybridized carbons (Fsp3) is 0.750. The molecular formula is C24H36O3S. The summed E-state index contributed by atoms with van der Waals surface area (Å²) in [7, 11) is -4.19. The summed E-state index contributed by atoms with van der Waals surface area (Å²) in [5.41, 5.74) is 3.81. The van der Waals surface area contributed by atoms with Crippen molar-refractivity contribution in [1.29, 1.82) is 0 Å². The van der Waals surface area contributed by atoms with Crippen molar-refractivity contribution < 1.29 is 13.0 Å². The topological polar surface area (TPSA) is 54.4 Å². The highest BCUT2D eigenvalue weighted by molar-refractivity contribution is 7.85. The molecule has 0 aromatic heterocycles. The van der Waals surface area contributed by atoms with Crippen LogP contribution >= 0.6 is 0 Å². The number of hydrogen-bond donors (Lipinski definition) is 1. The molecule has 1 aromatic rings. The second-order valence-electron chi connectivity index (χ2n) is 9.46. The first-order chi connectivity index (χ1) is 13.6. The summed E-state index contributed by atoms with van der Waals surface area (Å²) in [6.45, 7) is 0. The van der Waals surface area contributed by atoms with E-state index in [-0.39, 0.29) is 4.90 Å². The summed E-state index contributed by atoms with van der Waals surface area (Å²) in [5, 5.41) is 0. The summed E-state index contributed by atoms with van der Waals surface area (Å²) < 4.78 is 34.8. The van der Waals surface area contributed by atoms with Crippen LogP contribution in [0, 0.1) is 0 Å². The van der Waals surface area contributed by atoms with Gasteiger partial charge in [0.05, 0.1) is 4.90 Å². The largest absolute Gasteiger partial charge is 0.294 e. The van der Waals surface area contributed by atoms with Crippen molar-refractivity contribution in [2.45, 2.75) is 119 Å². The Labute approximate surface area is 171 Å². The molecule has 0 amide bonds. The highest BCUT2D eigenvalue weighted by Gasteiger charge is 2.33. The Balaban J connectivity index is 1.88. The molecule has 3 fully saturated rings. The third-order valence-corrected chi connectivity index (χ3v) is 8.54. The van der Waals surface area contributed by atoms with Crippen LogP contribution in [-0.2, 0) is 10.1 Å². The molecule has 1 aromatic carbocycles. The molecule has 28 heavy (non-hydrogen) atoms. The zero-order valence-electron chi connectivity index (χ0n) is 17.2. The molecule has 0 spiro atoms. The quantitative estimate of drug-likeness (QED) is 0.546. The van der Waals surface area contributed by atoms with Gasteiger partial charge in [-0.2, -0.15) is 8.42 Å². The Hall–Kier alpha value is -0.870. The van der Waals surface area contributed by atoms with E-state index in [2.05, 4.69) is 6.07 Å². The molecule has 0 radical (unpaired) electrons. The summed E-state index contributed by atoms with van der Waals surface area (Å²) in [6.07, 6.45) is 18.2. The summed E-state index contributed by atoms with van der Waals surface area (Å²) in [4.78, 5) is 0.222. The fourth-order valence-corrected chi connectivity index (χ4v) is 7.08. The highest BCUT2D eigenvalue weighted by atomic mass is 32.2. The van der Waals surface area contributed by atoms with Gasteiger partial charge in [0.25, 0.3) is 10.1 Å². The molecule has 1 N–H and O–H groups in total. The van der Waals surface area contributed by atoms with Gasteiger partial charge in [-0.1, -0.05) is 63.9 Å². The van der Waals surface area contributed by atoms with Crippen molar-refractivity contribution in [2.75, 3.05) is 0 Å². The van der Waals surface area contributed by atoms with Crippen LogP contribution in [0.15, 0.2) is 17.0 Å². The summed E-state index contributed by atoms with van der Waals surface area (Å²) in [5.74, 6) is 1.35. The average molecular weight is 405 g/mol. The summed E-state index contributed by atoms with van der Waals surface area (Å²) in [6, 6.07) is 3.82. The molecule has 4 rings (SSSR count). The molecule has 4 heteroatoms. The molecule has 0 atom stereocenters. The van der Waals surface area contributed by atoms with E-state index in [1.165, 1.54) is 94.6 Å². The molecular weight excluding hydrogens is 368 g/mol. The van der Waals surface area contributed by atoms with Crippen LogP contribution in [0.3, 0.4) is 0 Å². The van der Waals surface area contributed by atoms with Crippen LogP contribution in [-0.4, -0.2) is 13.0 Å². The first kappa shape index (κ1) is 20.4. The van der Waals surface area contributed by atoms with Gasteiger partial charge in [-0.3, -0.25) is 4.55 Å². The maximum atomic E-state index is 12.4.